The van der Waals surface area contributed by atoms with Gasteiger partial charge < -0.3 is 54.0 Å². The fraction of sp³-hybridized carbons (Fsp3) is 0.312. The number of fused-ring (bicyclic) bond motifs is 2. The Morgan fingerprint density at radius 1 is 0.729 bits per heavy atom. The van der Waals surface area contributed by atoms with E-state index in [9.17, 15) is 29.1 Å². The Labute approximate surface area is 275 Å². The summed E-state index contributed by atoms with van der Waals surface area (Å²) in [6.45, 7) is 0.163. The molecular formula is C32H40N10O6. The van der Waals surface area contributed by atoms with Crippen LogP contribution in [0.2, 0.25) is 0 Å². The Morgan fingerprint density at radius 2 is 1.25 bits per heavy atom. The lowest BCUT2D eigenvalue weighted by Gasteiger charge is -2.25. The summed E-state index contributed by atoms with van der Waals surface area (Å²) in [5, 5.41) is 18.9. The van der Waals surface area contributed by atoms with Crippen LogP contribution >= 0.6 is 0 Å². The predicted octanol–water partition coefficient (Wildman–Crippen LogP) is -0.770. The first-order chi connectivity index (χ1) is 22.9. The van der Waals surface area contributed by atoms with Gasteiger partial charge in [-0.2, -0.15) is 0 Å². The molecule has 0 saturated carbocycles. The number of benzene rings is 2. The zero-order valence-electron chi connectivity index (χ0n) is 26.1. The van der Waals surface area contributed by atoms with Gasteiger partial charge in [0, 0.05) is 47.2 Å². The molecule has 4 amide bonds. The number of aromatic amines is 2. The molecule has 0 fully saturated rings. The van der Waals surface area contributed by atoms with Crippen LogP contribution in [-0.4, -0.2) is 81.3 Å². The van der Waals surface area contributed by atoms with Crippen LogP contribution in [0.5, 0.6) is 0 Å². The minimum Gasteiger partial charge on any atom is -0.480 e. The van der Waals surface area contributed by atoms with E-state index in [2.05, 4.69) is 30.9 Å². The summed E-state index contributed by atoms with van der Waals surface area (Å²) >= 11 is 0. The van der Waals surface area contributed by atoms with E-state index >= 15 is 0 Å². The van der Waals surface area contributed by atoms with E-state index in [1.807, 2.05) is 48.5 Å². The molecule has 14 N–H and O–H groups in total. The molecule has 2 aromatic carbocycles. The van der Waals surface area contributed by atoms with E-state index in [4.69, 9.17) is 22.9 Å². The van der Waals surface area contributed by atoms with Crippen molar-refractivity contribution in [3.05, 3.63) is 72.1 Å². The summed E-state index contributed by atoms with van der Waals surface area (Å²) < 4.78 is 0. The normalized spacial score (nSPS) is 13.6. The molecule has 2 aromatic heterocycles. The lowest BCUT2D eigenvalue weighted by Crippen LogP contribution is -2.58. The second kappa shape index (κ2) is 16.1. The summed E-state index contributed by atoms with van der Waals surface area (Å²) in [4.78, 5) is 74.0. The van der Waals surface area contributed by atoms with Gasteiger partial charge in [-0.05, 0) is 42.5 Å². The van der Waals surface area contributed by atoms with Crippen molar-refractivity contribution in [2.75, 3.05) is 6.54 Å². The summed E-state index contributed by atoms with van der Waals surface area (Å²) in [7, 11) is 0. The van der Waals surface area contributed by atoms with Crippen molar-refractivity contribution in [3.8, 4) is 0 Å². The Balaban J connectivity index is 1.55. The summed E-state index contributed by atoms with van der Waals surface area (Å²) in [5.41, 5.74) is 25.5. The molecule has 4 rings (SSSR count). The molecule has 0 aliphatic heterocycles. The summed E-state index contributed by atoms with van der Waals surface area (Å²) in [6, 6.07) is 9.72. The van der Waals surface area contributed by atoms with Crippen LogP contribution in [0.1, 0.15) is 30.4 Å². The second-order valence-corrected chi connectivity index (χ2v) is 11.4. The van der Waals surface area contributed by atoms with Gasteiger partial charge in [0.25, 0.3) is 0 Å². The molecule has 0 aliphatic carbocycles. The third-order valence-electron chi connectivity index (χ3n) is 7.78. The third kappa shape index (κ3) is 9.32. The highest BCUT2D eigenvalue weighted by atomic mass is 16.4. The number of aliphatic imine (C=N–C) groups is 1. The molecule has 16 nitrogen and oxygen atoms in total. The number of nitrogens with one attached hydrogen (secondary N) is 5. The number of nitrogens with zero attached hydrogens (tertiary/aromatic N) is 1. The average Bonchev–Trinajstić information content (AvgIpc) is 3.65. The Morgan fingerprint density at radius 3 is 1.81 bits per heavy atom. The van der Waals surface area contributed by atoms with Crippen molar-refractivity contribution in [3.63, 3.8) is 0 Å². The number of carbonyl (C=O) groups is 5. The van der Waals surface area contributed by atoms with Gasteiger partial charge in [0.15, 0.2) is 5.96 Å². The van der Waals surface area contributed by atoms with Crippen molar-refractivity contribution < 1.29 is 29.1 Å². The van der Waals surface area contributed by atoms with Crippen LogP contribution in [-0.2, 0) is 36.8 Å². The van der Waals surface area contributed by atoms with Gasteiger partial charge in [0.2, 0.25) is 23.6 Å². The van der Waals surface area contributed by atoms with Gasteiger partial charge >= 0.3 is 5.97 Å². The minimum absolute atomic E-state index is 0.0563. The SMILES string of the molecule is NC(=O)CC(NC(=O)C(Cc1c[nH]c2ccccc12)NC(=O)C(CCCN=C(N)N)NC(=O)C(N)Cc1c[nH]c2ccccc12)C(=O)O. The molecule has 0 aliphatic rings. The molecule has 2 heterocycles. The quantitative estimate of drug-likeness (QED) is 0.0386. The number of carboxylic acid groups (broad SMARTS) is 1. The summed E-state index contributed by atoms with van der Waals surface area (Å²) in [5.74, 6) is -4.76. The van der Waals surface area contributed by atoms with Gasteiger partial charge in [0.05, 0.1) is 12.5 Å². The number of primary amides is 1. The number of guanidine groups is 1. The fourth-order valence-electron chi connectivity index (χ4n) is 5.36. The number of rotatable bonds is 17. The Bertz CT molecular complexity index is 1810. The lowest BCUT2D eigenvalue weighted by atomic mass is 10.0. The standard InChI is InChI=1S/C32H40N10O6/c33-21(12-17-15-38-22-8-3-1-6-19(17)22)28(44)40-24(10-5-11-37-32(35)36)29(45)41-25(30(46)42-26(31(47)48)14-27(34)43)13-18-16-39-23-9-4-2-7-20(18)23/h1-4,6-9,15-16,21,24-26,38-39H,5,10-14,33H2,(H2,34,43)(H,40,44)(H,41,45)(H,42,46)(H,47,48)(H4,35,36,37). The van der Waals surface area contributed by atoms with E-state index in [1.54, 1.807) is 12.4 Å². The highest BCUT2D eigenvalue weighted by Crippen LogP contribution is 2.20. The number of aliphatic carboxylic acids is 1. The number of hydrogen-bond donors (Lipinski definition) is 10. The number of carbonyl (C=O) groups excluding carboxylic acids is 4. The third-order valence-corrected chi connectivity index (χ3v) is 7.78. The van der Waals surface area contributed by atoms with Crippen LogP contribution in [0.25, 0.3) is 21.8 Å². The van der Waals surface area contributed by atoms with Crippen LogP contribution in [0.15, 0.2) is 65.9 Å². The largest absolute Gasteiger partial charge is 0.480 e. The number of para-hydroxylation sites is 2. The maximum absolute atomic E-state index is 13.8. The molecule has 254 valence electrons. The van der Waals surface area contributed by atoms with Crippen molar-refractivity contribution in [2.45, 2.75) is 56.3 Å². The molecule has 4 unspecified atom stereocenters. The number of nitrogens with two attached hydrogens (primary N) is 4. The molecule has 48 heavy (non-hydrogen) atoms. The van der Waals surface area contributed by atoms with E-state index in [0.29, 0.717) is 5.56 Å². The number of H-pyrrole nitrogens is 2. The number of amides is 4. The smallest absolute Gasteiger partial charge is 0.326 e. The van der Waals surface area contributed by atoms with Crippen LogP contribution in [0, 0.1) is 0 Å². The zero-order chi connectivity index (χ0) is 34.8. The van der Waals surface area contributed by atoms with Crippen LogP contribution in [0.4, 0.5) is 0 Å². The molecule has 0 spiro atoms. The molecule has 0 radical (unpaired) electrons. The van der Waals surface area contributed by atoms with Crippen LogP contribution < -0.4 is 38.9 Å². The Kier molecular flexibility index (Phi) is 11.7. The van der Waals surface area contributed by atoms with Crippen LogP contribution in [0.3, 0.4) is 0 Å². The second-order valence-electron chi connectivity index (χ2n) is 11.4. The van der Waals surface area contributed by atoms with Crippen molar-refractivity contribution in [1.29, 1.82) is 0 Å². The van der Waals surface area contributed by atoms with E-state index in [1.165, 1.54) is 0 Å². The van der Waals surface area contributed by atoms with Crippen molar-refractivity contribution in [2.24, 2.45) is 27.9 Å². The van der Waals surface area contributed by atoms with Gasteiger partial charge in [-0.1, -0.05) is 36.4 Å². The predicted molar refractivity (Wildman–Crippen MR) is 179 cm³/mol. The molecule has 0 saturated heterocycles. The molecule has 4 atom stereocenters. The zero-order valence-corrected chi connectivity index (χ0v) is 26.1. The van der Waals surface area contributed by atoms with Gasteiger partial charge in [-0.15, -0.1) is 0 Å². The van der Waals surface area contributed by atoms with E-state index in [-0.39, 0.29) is 38.2 Å². The van der Waals surface area contributed by atoms with Gasteiger partial charge in [0.1, 0.15) is 18.1 Å². The fourth-order valence-corrected chi connectivity index (χ4v) is 5.36. The van der Waals surface area contributed by atoms with Crippen molar-refractivity contribution in [1.82, 2.24) is 25.9 Å². The summed E-state index contributed by atoms with van der Waals surface area (Å²) in [6.07, 6.45) is 3.27. The molecule has 16 heteroatoms. The monoisotopic (exact) mass is 660 g/mol. The number of hydrogen-bond acceptors (Lipinski definition) is 7. The number of aromatic nitrogens is 2. The minimum atomic E-state index is -1.63. The highest BCUT2D eigenvalue weighted by molar-refractivity contribution is 5.96. The molecule has 4 aromatic rings. The first kappa shape index (κ1) is 35.0. The lowest BCUT2D eigenvalue weighted by molar-refractivity contribution is -0.143. The van der Waals surface area contributed by atoms with Gasteiger partial charge in [-0.25, -0.2) is 4.79 Å². The average molecular weight is 661 g/mol. The van der Waals surface area contributed by atoms with E-state index in [0.717, 1.165) is 27.4 Å². The van der Waals surface area contributed by atoms with Crippen molar-refractivity contribution >= 4 is 57.4 Å². The first-order valence-electron chi connectivity index (χ1n) is 15.3. The Hall–Kier alpha value is -5.90. The highest BCUT2D eigenvalue weighted by Gasteiger charge is 2.31. The topological polar surface area (TPSA) is 290 Å². The molecule has 0 bridgehead atoms. The maximum Gasteiger partial charge on any atom is 0.326 e. The molecular weight excluding hydrogens is 620 g/mol. The van der Waals surface area contributed by atoms with E-state index < -0.39 is 60.2 Å². The van der Waals surface area contributed by atoms with Gasteiger partial charge in [-0.3, -0.25) is 24.2 Å². The first-order valence-corrected chi connectivity index (χ1v) is 15.3. The number of carboxylic acids is 1. The maximum atomic E-state index is 13.8.